The van der Waals surface area contributed by atoms with Gasteiger partial charge >= 0.3 is 0 Å². The van der Waals surface area contributed by atoms with Crippen molar-refractivity contribution >= 4 is 23.2 Å². The molecule has 0 aliphatic rings. The van der Waals surface area contributed by atoms with E-state index >= 15 is 0 Å². The van der Waals surface area contributed by atoms with E-state index in [1.54, 1.807) is 0 Å². The first-order valence-electron chi connectivity index (χ1n) is 6.11. The van der Waals surface area contributed by atoms with Crippen LogP contribution in [0.25, 0.3) is 0 Å². The number of rotatable bonds is 2. The molecule has 0 saturated heterocycles. The lowest BCUT2D eigenvalue weighted by Crippen LogP contribution is -2.03. The van der Waals surface area contributed by atoms with Crippen LogP contribution in [-0.2, 0) is 0 Å². The summed E-state index contributed by atoms with van der Waals surface area (Å²) < 4.78 is 0. The number of aliphatic hydroxyl groups excluding tert-OH is 1. The fraction of sp³-hybridized carbons (Fsp3) is 0.250. The summed E-state index contributed by atoms with van der Waals surface area (Å²) in [6.07, 6.45) is -0.660. The number of hydrogen-bond donors (Lipinski definition) is 1. The minimum atomic E-state index is -0.660. The Morgan fingerprint density at radius 2 is 1.47 bits per heavy atom. The van der Waals surface area contributed by atoms with Gasteiger partial charge in [0, 0.05) is 10.0 Å². The van der Waals surface area contributed by atoms with Crippen molar-refractivity contribution in [3.8, 4) is 0 Å². The van der Waals surface area contributed by atoms with Gasteiger partial charge in [-0.05, 0) is 60.7 Å². The summed E-state index contributed by atoms with van der Waals surface area (Å²) in [5.41, 5.74) is 4.62. The van der Waals surface area contributed by atoms with Crippen LogP contribution in [0.5, 0.6) is 0 Å². The maximum absolute atomic E-state index is 10.5. The van der Waals surface area contributed by atoms with Crippen LogP contribution in [0.15, 0.2) is 30.3 Å². The zero-order valence-electron chi connectivity index (χ0n) is 11.2. The molecule has 0 bridgehead atoms. The van der Waals surface area contributed by atoms with E-state index in [-0.39, 0.29) is 0 Å². The molecule has 0 spiro atoms. The van der Waals surface area contributed by atoms with Crippen LogP contribution in [0.4, 0.5) is 0 Å². The Bertz CT molecular complexity index is 620. The highest BCUT2D eigenvalue weighted by Crippen LogP contribution is 2.30. The van der Waals surface area contributed by atoms with Crippen LogP contribution >= 0.6 is 23.2 Å². The Morgan fingerprint density at radius 3 is 2.11 bits per heavy atom. The number of aryl methyl sites for hydroxylation is 3. The third-order valence-corrected chi connectivity index (χ3v) is 4.17. The van der Waals surface area contributed by atoms with Gasteiger partial charge in [-0.3, -0.25) is 0 Å². The van der Waals surface area contributed by atoms with Gasteiger partial charge in [-0.2, -0.15) is 0 Å². The summed E-state index contributed by atoms with van der Waals surface area (Å²) >= 11 is 12.1. The molecular formula is C16H16Cl2O. The van der Waals surface area contributed by atoms with Crippen molar-refractivity contribution in [2.24, 2.45) is 0 Å². The highest BCUT2D eigenvalue weighted by molar-refractivity contribution is 6.31. The van der Waals surface area contributed by atoms with Gasteiger partial charge < -0.3 is 5.11 Å². The summed E-state index contributed by atoms with van der Waals surface area (Å²) in [6, 6.07) is 9.40. The third kappa shape index (κ3) is 2.94. The van der Waals surface area contributed by atoms with E-state index in [0.29, 0.717) is 5.02 Å². The molecule has 0 saturated carbocycles. The number of benzene rings is 2. The first-order valence-corrected chi connectivity index (χ1v) is 6.86. The zero-order chi connectivity index (χ0) is 14.2. The smallest absolute Gasteiger partial charge is 0.104 e. The minimum Gasteiger partial charge on any atom is -0.384 e. The molecule has 2 rings (SSSR count). The van der Waals surface area contributed by atoms with Crippen molar-refractivity contribution in [2.45, 2.75) is 26.9 Å². The van der Waals surface area contributed by atoms with Gasteiger partial charge in [-0.25, -0.2) is 0 Å². The first kappa shape index (κ1) is 14.4. The lowest BCUT2D eigenvalue weighted by Gasteiger charge is -2.16. The van der Waals surface area contributed by atoms with E-state index in [4.69, 9.17) is 23.2 Å². The Balaban J connectivity index is 2.46. The normalized spacial score (nSPS) is 12.5. The molecule has 0 fully saturated rings. The second-order valence-corrected chi connectivity index (χ2v) is 5.68. The standard InChI is InChI=1S/C16H16Cl2O/c1-9-8-15(18)11(3)7-13(9)16(19)12-4-5-14(17)10(2)6-12/h4-8,16,19H,1-3H3. The monoisotopic (exact) mass is 294 g/mol. The molecular weight excluding hydrogens is 279 g/mol. The van der Waals surface area contributed by atoms with Crippen LogP contribution in [0.2, 0.25) is 10.0 Å². The van der Waals surface area contributed by atoms with Crippen LogP contribution in [0, 0.1) is 20.8 Å². The Hall–Kier alpha value is -1.02. The molecule has 0 heterocycles. The summed E-state index contributed by atoms with van der Waals surface area (Å²) in [4.78, 5) is 0. The van der Waals surface area contributed by atoms with Gasteiger partial charge in [0.25, 0.3) is 0 Å². The third-order valence-electron chi connectivity index (χ3n) is 3.34. The van der Waals surface area contributed by atoms with Crippen LogP contribution in [0.3, 0.4) is 0 Å². The summed E-state index contributed by atoms with van der Waals surface area (Å²) in [7, 11) is 0. The molecule has 0 amide bonds. The van der Waals surface area contributed by atoms with Gasteiger partial charge in [0.05, 0.1) is 0 Å². The lowest BCUT2D eigenvalue weighted by atomic mass is 9.95. The SMILES string of the molecule is Cc1cc(C(O)c2cc(C)c(Cl)cc2C)ccc1Cl. The molecule has 0 radical (unpaired) electrons. The predicted molar refractivity (Wildman–Crippen MR) is 81.2 cm³/mol. The highest BCUT2D eigenvalue weighted by atomic mass is 35.5. The van der Waals surface area contributed by atoms with E-state index in [1.807, 2.05) is 51.1 Å². The average molecular weight is 295 g/mol. The van der Waals surface area contributed by atoms with Crippen molar-refractivity contribution < 1.29 is 5.11 Å². The average Bonchev–Trinajstić information content (AvgIpc) is 2.36. The molecule has 100 valence electrons. The van der Waals surface area contributed by atoms with Crippen LogP contribution in [-0.4, -0.2) is 5.11 Å². The van der Waals surface area contributed by atoms with E-state index in [2.05, 4.69) is 0 Å². The van der Waals surface area contributed by atoms with Crippen molar-refractivity contribution in [3.05, 3.63) is 68.2 Å². The van der Waals surface area contributed by atoms with Gasteiger partial charge in [-0.15, -0.1) is 0 Å². The summed E-state index contributed by atoms with van der Waals surface area (Å²) in [5.74, 6) is 0. The van der Waals surface area contributed by atoms with E-state index in [0.717, 1.165) is 32.8 Å². The highest BCUT2D eigenvalue weighted by Gasteiger charge is 2.15. The topological polar surface area (TPSA) is 20.2 Å². The number of aliphatic hydroxyl groups is 1. The fourth-order valence-electron chi connectivity index (χ4n) is 2.12. The maximum atomic E-state index is 10.5. The molecule has 2 aromatic carbocycles. The predicted octanol–water partition coefficient (Wildman–Crippen LogP) is 5.00. The fourth-order valence-corrected chi connectivity index (χ4v) is 2.45. The van der Waals surface area contributed by atoms with E-state index < -0.39 is 6.10 Å². The Kier molecular flexibility index (Phi) is 4.19. The zero-order valence-corrected chi connectivity index (χ0v) is 12.7. The molecule has 1 nitrogen and oxygen atoms in total. The number of hydrogen-bond acceptors (Lipinski definition) is 1. The largest absolute Gasteiger partial charge is 0.384 e. The maximum Gasteiger partial charge on any atom is 0.104 e. The molecule has 1 unspecified atom stereocenters. The quantitative estimate of drug-likeness (QED) is 0.826. The lowest BCUT2D eigenvalue weighted by molar-refractivity contribution is 0.219. The Labute approximate surface area is 123 Å². The Morgan fingerprint density at radius 1 is 0.842 bits per heavy atom. The molecule has 1 N–H and O–H groups in total. The molecule has 0 aliphatic heterocycles. The van der Waals surface area contributed by atoms with Gasteiger partial charge in [0.15, 0.2) is 0 Å². The molecule has 0 aliphatic carbocycles. The van der Waals surface area contributed by atoms with Crippen LogP contribution < -0.4 is 0 Å². The van der Waals surface area contributed by atoms with Crippen molar-refractivity contribution in [1.29, 1.82) is 0 Å². The van der Waals surface area contributed by atoms with E-state index in [9.17, 15) is 5.11 Å². The molecule has 1 atom stereocenters. The van der Waals surface area contributed by atoms with E-state index in [1.165, 1.54) is 0 Å². The molecule has 0 aromatic heterocycles. The van der Waals surface area contributed by atoms with Crippen LogP contribution in [0.1, 0.15) is 33.9 Å². The van der Waals surface area contributed by atoms with Gasteiger partial charge in [-0.1, -0.05) is 41.4 Å². The van der Waals surface area contributed by atoms with Crippen molar-refractivity contribution in [2.75, 3.05) is 0 Å². The summed E-state index contributed by atoms with van der Waals surface area (Å²) in [5, 5.41) is 11.9. The van der Waals surface area contributed by atoms with Gasteiger partial charge in [0.1, 0.15) is 6.10 Å². The minimum absolute atomic E-state index is 0.660. The second-order valence-electron chi connectivity index (χ2n) is 4.87. The second kappa shape index (κ2) is 5.54. The first-order chi connectivity index (χ1) is 8.90. The van der Waals surface area contributed by atoms with Crippen molar-refractivity contribution in [3.63, 3.8) is 0 Å². The molecule has 3 heteroatoms. The van der Waals surface area contributed by atoms with Gasteiger partial charge in [0.2, 0.25) is 0 Å². The number of halogens is 2. The summed E-state index contributed by atoms with van der Waals surface area (Å²) in [6.45, 7) is 5.82. The van der Waals surface area contributed by atoms with Crippen molar-refractivity contribution in [1.82, 2.24) is 0 Å². The molecule has 2 aromatic rings. The molecule has 19 heavy (non-hydrogen) atoms.